The number of carbonyl (C=O) groups excluding carboxylic acids is 1. The summed E-state index contributed by atoms with van der Waals surface area (Å²) < 4.78 is 17.2. The van der Waals surface area contributed by atoms with E-state index in [2.05, 4.69) is 10.3 Å². The molecule has 1 amide bonds. The molecule has 0 bridgehead atoms. The summed E-state index contributed by atoms with van der Waals surface area (Å²) in [6.45, 7) is 3.47. The third-order valence-electron chi connectivity index (χ3n) is 5.55. The average Bonchev–Trinajstić information content (AvgIpc) is 3.22. The van der Waals surface area contributed by atoms with E-state index < -0.39 is 6.10 Å². The second-order valence-corrected chi connectivity index (χ2v) is 7.86. The Morgan fingerprint density at radius 2 is 2.18 bits per heavy atom. The number of nitrogens with zero attached hydrogens (tertiary/aromatic N) is 2. The van der Waals surface area contributed by atoms with Crippen LogP contribution in [0.3, 0.4) is 0 Å². The number of hydrogen-bond acceptors (Lipinski definition) is 7. The Morgan fingerprint density at radius 3 is 2.93 bits per heavy atom. The van der Waals surface area contributed by atoms with Crippen LogP contribution in [0.25, 0.3) is 0 Å². The van der Waals surface area contributed by atoms with Gasteiger partial charge < -0.3 is 29.5 Å². The highest BCUT2D eigenvalue weighted by Gasteiger charge is 2.50. The van der Waals surface area contributed by atoms with Gasteiger partial charge in [-0.25, -0.2) is 0 Å². The van der Waals surface area contributed by atoms with Crippen LogP contribution in [0.15, 0.2) is 18.5 Å². The summed E-state index contributed by atoms with van der Waals surface area (Å²) in [6, 6.07) is 1.75. The van der Waals surface area contributed by atoms with Crippen molar-refractivity contribution in [3.8, 4) is 0 Å². The minimum atomic E-state index is -0.717. The van der Waals surface area contributed by atoms with Crippen molar-refractivity contribution in [2.24, 2.45) is 0 Å². The van der Waals surface area contributed by atoms with E-state index in [0.29, 0.717) is 57.3 Å². The fraction of sp³-hybridized carbons (Fsp3) is 0.684. The van der Waals surface area contributed by atoms with E-state index in [1.54, 1.807) is 18.5 Å². The van der Waals surface area contributed by atoms with E-state index in [-0.39, 0.29) is 30.3 Å². The molecule has 0 aromatic carbocycles. The Hall–Kier alpha value is -1.29. The zero-order valence-electron chi connectivity index (χ0n) is 15.6. The Labute approximate surface area is 169 Å². The molecular weight excluding hydrogens is 386 g/mol. The van der Waals surface area contributed by atoms with Crippen LogP contribution in [-0.2, 0) is 25.5 Å². The van der Waals surface area contributed by atoms with E-state index in [0.717, 1.165) is 5.56 Å². The van der Waals surface area contributed by atoms with Crippen LogP contribution in [0.1, 0.15) is 18.4 Å². The summed E-state index contributed by atoms with van der Waals surface area (Å²) >= 11 is 6.12. The number of fused-ring (bicyclic) bond motifs is 1. The Balaban J connectivity index is 1.22. The molecule has 0 radical (unpaired) electrons. The molecule has 2 N–H and O–H groups in total. The maximum Gasteiger partial charge on any atom is 0.225 e. The number of aromatic nitrogens is 1. The molecule has 154 valence electrons. The molecule has 5 atom stereocenters. The molecule has 3 aliphatic heterocycles. The van der Waals surface area contributed by atoms with Gasteiger partial charge in [-0.2, -0.15) is 0 Å². The molecule has 0 saturated carbocycles. The van der Waals surface area contributed by atoms with Gasteiger partial charge in [-0.3, -0.25) is 9.78 Å². The molecule has 9 heteroatoms. The number of amides is 1. The van der Waals surface area contributed by atoms with E-state index in [4.69, 9.17) is 25.8 Å². The smallest absolute Gasteiger partial charge is 0.225 e. The number of carbonyl (C=O) groups is 1. The molecule has 3 aliphatic rings. The minimum Gasteiger partial charge on any atom is -0.388 e. The molecule has 4 rings (SSSR count). The van der Waals surface area contributed by atoms with Crippen molar-refractivity contribution >= 4 is 17.5 Å². The Morgan fingerprint density at radius 1 is 1.36 bits per heavy atom. The second-order valence-electron chi connectivity index (χ2n) is 7.46. The Kier molecular flexibility index (Phi) is 6.45. The lowest BCUT2D eigenvalue weighted by molar-refractivity contribution is -0.138. The molecule has 4 heterocycles. The molecule has 0 aliphatic carbocycles. The van der Waals surface area contributed by atoms with Gasteiger partial charge in [0, 0.05) is 55.6 Å². The average molecular weight is 412 g/mol. The van der Waals surface area contributed by atoms with Crippen molar-refractivity contribution in [1.29, 1.82) is 0 Å². The molecular formula is C19H26ClN3O5. The lowest BCUT2D eigenvalue weighted by Gasteiger charge is -2.28. The third-order valence-corrected chi connectivity index (χ3v) is 5.92. The number of aliphatic hydroxyl groups excluding tert-OH is 1. The largest absolute Gasteiger partial charge is 0.388 e. The summed E-state index contributed by atoms with van der Waals surface area (Å²) in [5.74, 6) is 0.0781. The van der Waals surface area contributed by atoms with E-state index in [1.165, 1.54) is 0 Å². The lowest BCUT2D eigenvalue weighted by Crippen LogP contribution is -2.42. The van der Waals surface area contributed by atoms with Crippen molar-refractivity contribution in [2.75, 3.05) is 32.8 Å². The number of ether oxygens (including phenoxy) is 3. The predicted octanol–water partition coefficient (Wildman–Crippen LogP) is 0.359. The first kappa shape index (κ1) is 20.0. The monoisotopic (exact) mass is 411 g/mol. The van der Waals surface area contributed by atoms with E-state index in [9.17, 15) is 9.90 Å². The molecule has 1 aromatic rings. The summed E-state index contributed by atoms with van der Waals surface area (Å²) in [5.41, 5.74) is 0.898. The third kappa shape index (κ3) is 4.48. The Bertz CT molecular complexity index is 687. The highest BCUT2D eigenvalue weighted by atomic mass is 35.5. The van der Waals surface area contributed by atoms with Crippen LogP contribution >= 0.6 is 11.6 Å². The number of rotatable bonds is 6. The summed E-state index contributed by atoms with van der Waals surface area (Å²) in [5, 5.41) is 14.5. The van der Waals surface area contributed by atoms with Gasteiger partial charge in [0.1, 0.15) is 12.2 Å². The lowest BCUT2D eigenvalue weighted by atomic mass is 10.1. The van der Waals surface area contributed by atoms with Crippen LogP contribution < -0.4 is 5.32 Å². The maximum absolute atomic E-state index is 12.4. The van der Waals surface area contributed by atoms with Crippen LogP contribution in [0.5, 0.6) is 0 Å². The molecule has 28 heavy (non-hydrogen) atoms. The first-order valence-electron chi connectivity index (χ1n) is 9.75. The molecule has 3 fully saturated rings. The SMILES string of the molecule is O=C(C[C@@H]1C[C@H]2O[C@H](CNCc3cnccc3Cl)[C@@H](O)[C@H]2O1)N1CCOCC1. The van der Waals surface area contributed by atoms with Crippen molar-refractivity contribution in [3.63, 3.8) is 0 Å². The zero-order chi connectivity index (χ0) is 19.5. The van der Waals surface area contributed by atoms with Crippen molar-refractivity contribution in [3.05, 3.63) is 29.0 Å². The standard InChI is InChI=1S/C19H26ClN3O5/c20-14-1-2-21-9-12(14)10-22-11-16-18(25)19-15(28-16)7-13(27-19)8-17(24)23-3-5-26-6-4-23/h1-2,9,13,15-16,18-19,22,25H,3-8,10-11H2/t13-,15+,16+,18+,19-/m0/s1. The van der Waals surface area contributed by atoms with Crippen LogP contribution in [0, 0.1) is 0 Å². The number of hydrogen-bond donors (Lipinski definition) is 2. The molecule has 0 spiro atoms. The minimum absolute atomic E-state index is 0.0781. The van der Waals surface area contributed by atoms with Gasteiger partial charge in [0.25, 0.3) is 0 Å². The molecule has 3 saturated heterocycles. The van der Waals surface area contributed by atoms with E-state index in [1.807, 2.05) is 4.90 Å². The number of morpholine rings is 1. The first-order chi connectivity index (χ1) is 13.6. The fourth-order valence-electron chi connectivity index (χ4n) is 4.03. The maximum atomic E-state index is 12.4. The molecule has 8 nitrogen and oxygen atoms in total. The topological polar surface area (TPSA) is 93.2 Å². The van der Waals surface area contributed by atoms with E-state index >= 15 is 0 Å². The van der Waals surface area contributed by atoms with Crippen LogP contribution in [-0.4, -0.2) is 84.3 Å². The highest BCUT2D eigenvalue weighted by Crippen LogP contribution is 2.35. The fourth-order valence-corrected chi connectivity index (χ4v) is 4.21. The first-order valence-corrected chi connectivity index (χ1v) is 10.1. The van der Waals surface area contributed by atoms with Gasteiger partial charge in [-0.05, 0) is 6.07 Å². The summed E-state index contributed by atoms with van der Waals surface area (Å²) in [6.07, 6.45) is 2.50. The van der Waals surface area contributed by atoms with Crippen LogP contribution in [0.2, 0.25) is 5.02 Å². The summed E-state index contributed by atoms with van der Waals surface area (Å²) in [4.78, 5) is 18.3. The van der Waals surface area contributed by atoms with Crippen molar-refractivity contribution < 1.29 is 24.1 Å². The quantitative estimate of drug-likeness (QED) is 0.698. The van der Waals surface area contributed by atoms with Gasteiger partial charge in [0.15, 0.2) is 0 Å². The van der Waals surface area contributed by atoms with Gasteiger partial charge in [0.05, 0.1) is 37.9 Å². The van der Waals surface area contributed by atoms with Gasteiger partial charge >= 0.3 is 0 Å². The zero-order valence-corrected chi connectivity index (χ0v) is 16.4. The summed E-state index contributed by atoms with van der Waals surface area (Å²) in [7, 11) is 0. The number of aliphatic hydroxyl groups is 1. The molecule has 0 unspecified atom stereocenters. The van der Waals surface area contributed by atoms with Crippen LogP contribution in [0.4, 0.5) is 0 Å². The van der Waals surface area contributed by atoms with Gasteiger partial charge in [-0.15, -0.1) is 0 Å². The number of halogens is 1. The van der Waals surface area contributed by atoms with Crippen molar-refractivity contribution in [1.82, 2.24) is 15.2 Å². The second kappa shape index (κ2) is 9.02. The molecule has 1 aromatic heterocycles. The van der Waals surface area contributed by atoms with Gasteiger partial charge in [0.2, 0.25) is 5.91 Å². The normalized spacial score (nSPS) is 32.5. The highest BCUT2D eigenvalue weighted by molar-refractivity contribution is 6.31. The van der Waals surface area contributed by atoms with Crippen molar-refractivity contribution in [2.45, 2.75) is 49.9 Å². The van der Waals surface area contributed by atoms with Gasteiger partial charge in [-0.1, -0.05) is 11.6 Å². The predicted molar refractivity (Wildman–Crippen MR) is 101 cm³/mol. The number of pyridine rings is 1. The number of nitrogens with one attached hydrogen (secondary N) is 1.